The van der Waals surface area contributed by atoms with Gasteiger partial charge in [0.2, 0.25) is 0 Å². The molecule has 1 amide bonds. The van der Waals surface area contributed by atoms with Crippen LogP contribution in [0.1, 0.15) is 55.0 Å². The van der Waals surface area contributed by atoms with Gasteiger partial charge in [-0.15, -0.1) is 0 Å². The summed E-state index contributed by atoms with van der Waals surface area (Å²) >= 11 is 0. The molecule has 6 heteroatoms. The number of H-pyrrole nitrogens is 1. The highest BCUT2D eigenvalue weighted by atomic mass is 19.1. The number of amides is 1. The number of benzene rings is 1. The zero-order chi connectivity index (χ0) is 16.6. The average Bonchev–Trinajstić information content (AvgIpc) is 2.98. The SMILES string of the molecule is CC(C)(C)c1[nH]cnc1C(=O)NC1CCOc2c(F)cccc21. The van der Waals surface area contributed by atoms with Gasteiger partial charge in [-0.05, 0) is 6.07 Å². The number of hydrogen-bond acceptors (Lipinski definition) is 3. The van der Waals surface area contributed by atoms with Crippen LogP contribution in [0.4, 0.5) is 4.39 Å². The summed E-state index contributed by atoms with van der Waals surface area (Å²) in [6.45, 7) is 6.40. The maximum absolute atomic E-state index is 13.8. The molecule has 1 aromatic heterocycles. The van der Waals surface area contributed by atoms with Crippen LogP contribution in [-0.4, -0.2) is 22.5 Å². The maximum Gasteiger partial charge on any atom is 0.272 e. The Hall–Kier alpha value is -2.37. The van der Waals surface area contributed by atoms with Crippen molar-refractivity contribution in [2.75, 3.05) is 6.61 Å². The molecule has 1 unspecified atom stereocenters. The molecule has 0 saturated heterocycles. The molecule has 2 heterocycles. The molecule has 1 atom stereocenters. The number of para-hydroxylation sites is 1. The molecule has 3 rings (SSSR count). The Balaban J connectivity index is 1.86. The van der Waals surface area contributed by atoms with Gasteiger partial charge in [-0.2, -0.15) is 0 Å². The van der Waals surface area contributed by atoms with Crippen LogP contribution in [0.25, 0.3) is 0 Å². The highest BCUT2D eigenvalue weighted by Crippen LogP contribution is 2.34. The largest absolute Gasteiger partial charge is 0.490 e. The number of carbonyl (C=O) groups is 1. The lowest BCUT2D eigenvalue weighted by Gasteiger charge is -2.27. The zero-order valence-electron chi connectivity index (χ0n) is 13.4. The fourth-order valence-corrected chi connectivity index (χ4v) is 2.80. The highest BCUT2D eigenvalue weighted by Gasteiger charge is 2.29. The summed E-state index contributed by atoms with van der Waals surface area (Å²) in [5, 5.41) is 2.95. The van der Waals surface area contributed by atoms with Gasteiger partial charge in [0.15, 0.2) is 11.6 Å². The molecular formula is C17H20FN3O2. The van der Waals surface area contributed by atoms with E-state index < -0.39 is 5.82 Å². The monoisotopic (exact) mass is 317 g/mol. The molecule has 0 fully saturated rings. The molecule has 0 bridgehead atoms. The van der Waals surface area contributed by atoms with Crippen LogP contribution in [-0.2, 0) is 5.41 Å². The molecule has 1 aliphatic rings. The number of halogens is 1. The van der Waals surface area contributed by atoms with Gasteiger partial charge in [0.1, 0.15) is 5.69 Å². The van der Waals surface area contributed by atoms with Gasteiger partial charge in [0.05, 0.1) is 24.7 Å². The van der Waals surface area contributed by atoms with Crippen molar-refractivity contribution >= 4 is 5.91 Å². The van der Waals surface area contributed by atoms with E-state index in [2.05, 4.69) is 15.3 Å². The number of aromatic nitrogens is 2. The molecule has 0 saturated carbocycles. The number of hydrogen-bond donors (Lipinski definition) is 2. The summed E-state index contributed by atoms with van der Waals surface area (Å²) in [4.78, 5) is 19.8. The predicted octanol–water partition coefficient (Wildman–Crippen LogP) is 3.10. The van der Waals surface area contributed by atoms with E-state index in [0.29, 0.717) is 24.3 Å². The summed E-state index contributed by atoms with van der Waals surface area (Å²) in [6.07, 6.45) is 2.12. The third-order valence-electron chi connectivity index (χ3n) is 3.94. The number of fused-ring (bicyclic) bond motifs is 1. The summed E-state index contributed by atoms with van der Waals surface area (Å²) in [5.74, 6) is -0.447. The number of aromatic amines is 1. The molecular weight excluding hydrogens is 297 g/mol. The van der Waals surface area contributed by atoms with E-state index in [-0.39, 0.29) is 23.1 Å². The fraction of sp³-hybridized carbons (Fsp3) is 0.412. The summed E-state index contributed by atoms with van der Waals surface area (Å²) in [6, 6.07) is 4.47. The lowest BCUT2D eigenvalue weighted by Crippen LogP contribution is -2.34. The first kappa shape index (κ1) is 15.5. The second-order valence-electron chi connectivity index (χ2n) is 6.70. The first-order valence-electron chi connectivity index (χ1n) is 7.64. The Kier molecular flexibility index (Phi) is 3.83. The van der Waals surface area contributed by atoms with Gasteiger partial charge in [-0.25, -0.2) is 9.37 Å². The lowest BCUT2D eigenvalue weighted by atomic mass is 9.90. The van der Waals surface area contributed by atoms with Crippen LogP contribution in [0.15, 0.2) is 24.5 Å². The molecule has 0 aliphatic carbocycles. The molecule has 1 aliphatic heterocycles. The van der Waals surface area contributed by atoms with Gasteiger partial charge < -0.3 is 15.0 Å². The average molecular weight is 317 g/mol. The van der Waals surface area contributed by atoms with E-state index in [9.17, 15) is 9.18 Å². The standard InChI is InChI=1S/C17H20FN3O2/c1-17(2,3)15-13(19-9-20-15)16(22)21-12-7-8-23-14-10(12)5-4-6-11(14)18/h4-6,9,12H,7-8H2,1-3H3,(H,19,20)(H,21,22). The van der Waals surface area contributed by atoms with Crippen molar-refractivity contribution in [2.45, 2.75) is 38.6 Å². The van der Waals surface area contributed by atoms with Crippen LogP contribution < -0.4 is 10.1 Å². The third-order valence-corrected chi connectivity index (χ3v) is 3.94. The molecule has 122 valence electrons. The van der Waals surface area contributed by atoms with Gasteiger partial charge in [-0.3, -0.25) is 4.79 Å². The van der Waals surface area contributed by atoms with E-state index in [0.717, 1.165) is 5.69 Å². The predicted molar refractivity (Wildman–Crippen MR) is 84.0 cm³/mol. The number of carbonyl (C=O) groups excluding carboxylic acids is 1. The van der Waals surface area contributed by atoms with Crippen LogP contribution >= 0.6 is 0 Å². The Labute approximate surface area is 134 Å². The molecule has 1 aromatic carbocycles. The molecule has 0 spiro atoms. The van der Waals surface area contributed by atoms with Crippen molar-refractivity contribution in [1.29, 1.82) is 0 Å². The van der Waals surface area contributed by atoms with E-state index in [1.54, 1.807) is 12.1 Å². The molecule has 5 nitrogen and oxygen atoms in total. The minimum Gasteiger partial charge on any atom is -0.490 e. The Morgan fingerprint density at radius 1 is 1.43 bits per heavy atom. The first-order chi connectivity index (χ1) is 10.9. The van der Waals surface area contributed by atoms with Crippen LogP contribution in [0.5, 0.6) is 5.75 Å². The van der Waals surface area contributed by atoms with Crippen molar-refractivity contribution in [2.24, 2.45) is 0 Å². The van der Waals surface area contributed by atoms with Gasteiger partial charge in [0, 0.05) is 17.4 Å². The second kappa shape index (κ2) is 5.68. The highest BCUT2D eigenvalue weighted by molar-refractivity contribution is 5.94. The van der Waals surface area contributed by atoms with Gasteiger partial charge >= 0.3 is 0 Å². The zero-order valence-corrected chi connectivity index (χ0v) is 13.4. The van der Waals surface area contributed by atoms with Crippen molar-refractivity contribution < 1.29 is 13.9 Å². The maximum atomic E-state index is 13.8. The van der Waals surface area contributed by atoms with E-state index in [1.807, 2.05) is 20.8 Å². The van der Waals surface area contributed by atoms with Crippen molar-refractivity contribution in [1.82, 2.24) is 15.3 Å². The third kappa shape index (κ3) is 2.93. The first-order valence-corrected chi connectivity index (χ1v) is 7.64. The second-order valence-corrected chi connectivity index (χ2v) is 6.70. The number of ether oxygens (including phenoxy) is 1. The lowest BCUT2D eigenvalue weighted by molar-refractivity contribution is 0.0916. The number of rotatable bonds is 2. The number of nitrogens with one attached hydrogen (secondary N) is 2. The van der Waals surface area contributed by atoms with E-state index >= 15 is 0 Å². The Bertz CT molecular complexity index is 734. The normalized spacial score (nSPS) is 17.3. The quantitative estimate of drug-likeness (QED) is 0.894. The summed E-state index contributed by atoms with van der Waals surface area (Å²) in [7, 11) is 0. The molecule has 2 N–H and O–H groups in total. The Morgan fingerprint density at radius 3 is 2.96 bits per heavy atom. The van der Waals surface area contributed by atoms with Crippen molar-refractivity contribution in [3.63, 3.8) is 0 Å². The minimum atomic E-state index is -0.406. The number of nitrogens with zero attached hydrogens (tertiary/aromatic N) is 1. The Morgan fingerprint density at radius 2 is 2.22 bits per heavy atom. The summed E-state index contributed by atoms with van der Waals surface area (Å²) < 4.78 is 19.2. The van der Waals surface area contributed by atoms with E-state index in [1.165, 1.54) is 12.4 Å². The van der Waals surface area contributed by atoms with Crippen LogP contribution in [0, 0.1) is 5.82 Å². The topological polar surface area (TPSA) is 67.0 Å². The minimum absolute atomic E-state index is 0.219. The van der Waals surface area contributed by atoms with Crippen molar-refractivity contribution in [3.8, 4) is 5.75 Å². The molecule has 0 radical (unpaired) electrons. The van der Waals surface area contributed by atoms with Crippen LogP contribution in [0.2, 0.25) is 0 Å². The smallest absolute Gasteiger partial charge is 0.272 e. The van der Waals surface area contributed by atoms with Gasteiger partial charge in [-0.1, -0.05) is 32.9 Å². The van der Waals surface area contributed by atoms with Gasteiger partial charge in [0.25, 0.3) is 5.91 Å². The molecule has 2 aromatic rings. The van der Waals surface area contributed by atoms with Crippen LogP contribution in [0.3, 0.4) is 0 Å². The molecule has 23 heavy (non-hydrogen) atoms. The summed E-state index contributed by atoms with van der Waals surface area (Å²) in [5.41, 5.74) is 1.60. The fourth-order valence-electron chi connectivity index (χ4n) is 2.80. The van der Waals surface area contributed by atoms with E-state index in [4.69, 9.17) is 4.74 Å². The van der Waals surface area contributed by atoms with Crippen molar-refractivity contribution in [3.05, 3.63) is 47.3 Å². The number of imidazole rings is 1.